The zero-order chi connectivity index (χ0) is 15.9. The number of ether oxygens (including phenoxy) is 1. The maximum Gasteiger partial charge on any atom is 0.229 e. The third-order valence-corrected chi connectivity index (χ3v) is 7.10. The normalized spacial score (nSPS) is 26.5. The van der Waals surface area contributed by atoms with Gasteiger partial charge in [0.15, 0.2) is 5.82 Å². The van der Waals surface area contributed by atoms with E-state index in [-0.39, 0.29) is 11.4 Å². The average molecular weight is 341 g/mol. The molecule has 1 saturated heterocycles. The first-order valence-electron chi connectivity index (χ1n) is 8.56. The maximum absolute atomic E-state index is 12.3. The molecule has 0 radical (unpaired) electrons. The van der Waals surface area contributed by atoms with E-state index < -0.39 is 10.0 Å². The van der Waals surface area contributed by atoms with Crippen molar-refractivity contribution in [1.82, 2.24) is 14.4 Å². The largest absolute Gasteiger partial charge is 0.376 e. The van der Waals surface area contributed by atoms with Gasteiger partial charge in [-0.25, -0.2) is 8.42 Å². The molecule has 1 unspecified atom stereocenters. The highest BCUT2D eigenvalue weighted by molar-refractivity contribution is 7.90. The van der Waals surface area contributed by atoms with Gasteiger partial charge < -0.3 is 9.26 Å². The SMILES string of the molecule is O=S(=O)(C1CC1)N1CCCC(OCCc2noc(C3CC3)n2)C1. The molecule has 0 spiro atoms. The van der Waals surface area contributed by atoms with Crippen molar-refractivity contribution < 1.29 is 17.7 Å². The number of piperidine rings is 1. The van der Waals surface area contributed by atoms with Gasteiger partial charge in [0.1, 0.15) is 0 Å². The van der Waals surface area contributed by atoms with E-state index in [1.54, 1.807) is 4.31 Å². The molecule has 1 atom stereocenters. The standard InChI is InChI=1S/C15H23N3O4S/c19-23(20,13-5-6-13)18-8-1-2-12(10-18)21-9-7-14-16-15(22-17-14)11-3-4-11/h11-13H,1-10H2. The van der Waals surface area contributed by atoms with Crippen molar-refractivity contribution in [1.29, 1.82) is 0 Å². The fourth-order valence-electron chi connectivity index (χ4n) is 3.03. The third-order valence-electron chi connectivity index (χ3n) is 4.74. The smallest absolute Gasteiger partial charge is 0.229 e. The van der Waals surface area contributed by atoms with Gasteiger partial charge in [0.25, 0.3) is 0 Å². The number of aromatic nitrogens is 2. The Balaban J connectivity index is 1.25. The van der Waals surface area contributed by atoms with E-state index in [4.69, 9.17) is 9.26 Å². The first-order chi connectivity index (χ1) is 11.1. The topological polar surface area (TPSA) is 85.5 Å². The van der Waals surface area contributed by atoms with Crippen molar-refractivity contribution in [2.45, 2.75) is 62.2 Å². The van der Waals surface area contributed by atoms with Crippen LogP contribution in [0, 0.1) is 0 Å². The molecule has 8 heteroatoms. The fourth-order valence-corrected chi connectivity index (χ4v) is 4.94. The molecule has 2 saturated carbocycles. The Morgan fingerprint density at radius 2 is 2.04 bits per heavy atom. The van der Waals surface area contributed by atoms with Crippen molar-refractivity contribution >= 4 is 10.0 Å². The summed E-state index contributed by atoms with van der Waals surface area (Å²) in [7, 11) is -3.08. The summed E-state index contributed by atoms with van der Waals surface area (Å²) in [5.74, 6) is 1.90. The first kappa shape index (κ1) is 15.5. The molecule has 0 bridgehead atoms. The van der Waals surface area contributed by atoms with Gasteiger partial charge in [-0.3, -0.25) is 0 Å². The molecule has 2 heterocycles. The van der Waals surface area contributed by atoms with Crippen LogP contribution in [-0.4, -0.2) is 53.9 Å². The van der Waals surface area contributed by atoms with Gasteiger partial charge in [-0.2, -0.15) is 9.29 Å². The van der Waals surface area contributed by atoms with Crippen LogP contribution in [0.25, 0.3) is 0 Å². The van der Waals surface area contributed by atoms with Crippen LogP contribution in [0.4, 0.5) is 0 Å². The number of hydrogen-bond acceptors (Lipinski definition) is 6. The second kappa shape index (κ2) is 6.14. The molecule has 2 aliphatic carbocycles. The Hall–Kier alpha value is -0.990. The number of sulfonamides is 1. The van der Waals surface area contributed by atoms with Crippen molar-refractivity contribution in [2.75, 3.05) is 19.7 Å². The Morgan fingerprint density at radius 1 is 1.22 bits per heavy atom. The molecule has 0 N–H and O–H groups in total. The van der Waals surface area contributed by atoms with E-state index in [1.165, 1.54) is 0 Å². The molecule has 7 nitrogen and oxygen atoms in total. The van der Waals surface area contributed by atoms with Gasteiger partial charge in [0.2, 0.25) is 15.9 Å². The lowest BCUT2D eigenvalue weighted by molar-refractivity contribution is 0.0198. The predicted molar refractivity (Wildman–Crippen MR) is 82.5 cm³/mol. The highest BCUT2D eigenvalue weighted by atomic mass is 32.2. The Kier molecular flexibility index (Phi) is 4.15. The van der Waals surface area contributed by atoms with Crippen LogP contribution < -0.4 is 0 Å². The number of hydrogen-bond donors (Lipinski definition) is 0. The highest BCUT2D eigenvalue weighted by Crippen LogP contribution is 2.38. The van der Waals surface area contributed by atoms with Crippen LogP contribution in [0.1, 0.15) is 56.2 Å². The van der Waals surface area contributed by atoms with Crippen LogP contribution in [-0.2, 0) is 21.2 Å². The van der Waals surface area contributed by atoms with Crippen LogP contribution in [0.5, 0.6) is 0 Å². The molecule has 128 valence electrons. The predicted octanol–water partition coefficient (Wildman–Crippen LogP) is 1.46. The van der Waals surface area contributed by atoms with Crippen LogP contribution in [0.15, 0.2) is 4.52 Å². The molecule has 3 fully saturated rings. The van der Waals surface area contributed by atoms with Gasteiger partial charge in [-0.15, -0.1) is 0 Å². The minimum atomic E-state index is -3.08. The van der Waals surface area contributed by atoms with Gasteiger partial charge >= 0.3 is 0 Å². The van der Waals surface area contributed by atoms with Gasteiger partial charge in [-0.1, -0.05) is 5.16 Å². The van der Waals surface area contributed by atoms with Crippen LogP contribution >= 0.6 is 0 Å². The summed E-state index contributed by atoms with van der Waals surface area (Å²) in [4.78, 5) is 4.38. The molecular formula is C15H23N3O4S. The molecular weight excluding hydrogens is 318 g/mol. The number of rotatable bonds is 7. The van der Waals surface area contributed by atoms with E-state index >= 15 is 0 Å². The Morgan fingerprint density at radius 3 is 2.78 bits per heavy atom. The van der Waals surface area contributed by atoms with Gasteiger partial charge in [0, 0.05) is 25.4 Å². The third kappa shape index (κ3) is 3.59. The maximum atomic E-state index is 12.3. The van der Waals surface area contributed by atoms with Crippen molar-refractivity contribution in [2.24, 2.45) is 0 Å². The second-order valence-corrected chi connectivity index (χ2v) is 9.02. The lowest BCUT2D eigenvalue weighted by Gasteiger charge is -2.31. The van der Waals surface area contributed by atoms with Crippen molar-refractivity contribution in [3.05, 3.63) is 11.7 Å². The molecule has 1 aromatic rings. The van der Waals surface area contributed by atoms with E-state index in [2.05, 4.69) is 10.1 Å². The quantitative estimate of drug-likeness (QED) is 0.746. The minimum Gasteiger partial charge on any atom is -0.376 e. The van der Waals surface area contributed by atoms with Crippen molar-refractivity contribution in [3.63, 3.8) is 0 Å². The zero-order valence-electron chi connectivity index (χ0n) is 13.2. The van der Waals surface area contributed by atoms with Gasteiger partial charge in [-0.05, 0) is 38.5 Å². The molecule has 0 amide bonds. The summed E-state index contributed by atoms with van der Waals surface area (Å²) in [6.07, 6.45) is 6.28. The van der Waals surface area contributed by atoms with Crippen LogP contribution in [0.2, 0.25) is 0 Å². The van der Waals surface area contributed by atoms with E-state index in [0.29, 0.717) is 37.9 Å². The van der Waals surface area contributed by atoms with E-state index in [1.807, 2.05) is 0 Å². The lowest BCUT2D eigenvalue weighted by Crippen LogP contribution is -2.44. The summed E-state index contributed by atoms with van der Waals surface area (Å²) in [5.41, 5.74) is 0. The van der Waals surface area contributed by atoms with E-state index in [0.717, 1.165) is 44.4 Å². The molecule has 0 aromatic carbocycles. The van der Waals surface area contributed by atoms with Crippen molar-refractivity contribution in [3.8, 4) is 0 Å². The molecule has 3 aliphatic rings. The summed E-state index contributed by atoms with van der Waals surface area (Å²) >= 11 is 0. The summed E-state index contributed by atoms with van der Waals surface area (Å²) in [5, 5.41) is 3.84. The fraction of sp³-hybridized carbons (Fsp3) is 0.867. The van der Waals surface area contributed by atoms with Crippen LogP contribution in [0.3, 0.4) is 0 Å². The zero-order valence-corrected chi connectivity index (χ0v) is 14.0. The molecule has 23 heavy (non-hydrogen) atoms. The summed E-state index contributed by atoms with van der Waals surface area (Å²) in [6, 6.07) is 0. The minimum absolute atomic E-state index is 0.0212. The summed E-state index contributed by atoms with van der Waals surface area (Å²) < 4.78 is 37.3. The summed E-state index contributed by atoms with van der Waals surface area (Å²) in [6.45, 7) is 1.62. The van der Waals surface area contributed by atoms with Gasteiger partial charge in [0.05, 0.1) is 18.0 Å². The highest BCUT2D eigenvalue weighted by Gasteiger charge is 2.41. The molecule has 1 aliphatic heterocycles. The lowest BCUT2D eigenvalue weighted by atomic mass is 10.1. The Bertz CT molecular complexity index is 651. The first-order valence-corrected chi connectivity index (χ1v) is 10.1. The monoisotopic (exact) mass is 341 g/mol. The second-order valence-electron chi connectivity index (χ2n) is 6.81. The molecule has 1 aromatic heterocycles. The average Bonchev–Trinajstić information content (AvgIpc) is 3.46. The molecule has 4 rings (SSSR count). The van der Waals surface area contributed by atoms with E-state index in [9.17, 15) is 8.42 Å². The number of nitrogens with zero attached hydrogens (tertiary/aromatic N) is 3. The Labute approximate surface area is 136 Å².